The third kappa shape index (κ3) is 1.85. The quantitative estimate of drug-likeness (QED) is 0.662. The number of ether oxygens (including phenoxy) is 1. The molecule has 1 aliphatic carbocycles. The minimum absolute atomic E-state index is 0.00699. The maximum absolute atomic E-state index is 11.5. The van der Waals surface area contributed by atoms with Crippen LogP contribution < -0.4 is 5.32 Å². The van der Waals surface area contributed by atoms with Crippen molar-refractivity contribution >= 4 is 5.97 Å². The Balaban J connectivity index is 1.92. The summed E-state index contributed by atoms with van der Waals surface area (Å²) in [7, 11) is 0. The summed E-state index contributed by atoms with van der Waals surface area (Å²) in [6, 6.07) is -0.00699. The number of carbonyl (C=O) groups excluding carboxylic acids is 1. The predicted molar refractivity (Wildman–Crippen MR) is 49.3 cm³/mol. The molecule has 0 aromatic rings. The molecule has 0 amide bonds. The van der Waals surface area contributed by atoms with E-state index in [-0.39, 0.29) is 12.0 Å². The molecule has 0 spiro atoms. The fourth-order valence-corrected chi connectivity index (χ4v) is 2.25. The van der Waals surface area contributed by atoms with Gasteiger partial charge in [-0.15, -0.1) is 0 Å². The molecule has 0 radical (unpaired) electrons. The third-order valence-corrected chi connectivity index (χ3v) is 3.04. The molecule has 1 aliphatic heterocycles. The fourth-order valence-electron chi connectivity index (χ4n) is 2.25. The molecule has 1 N–H and O–H groups in total. The zero-order valence-electron chi connectivity index (χ0n) is 8.08. The molecule has 0 aromatic heterocycles. The van der Waals surface area contributed by atoms with E-state index in [9.17, 15) is 4.79 Å². The van der Waals surface area contributed by atoms with Crippen molar-refractivity contribution in [2.75, 3.05) is 13.2 Å². The molecule has 1 heterocycles. The van der Waals surface area contributed by atoms with Crippen molar-refractivity contribution in [2.45, 2.75) is 32.2 Å². The van der Waals surface area contributed by atoms with E-state index in [4.69, 9.17) is 4.74 Å². The van der Waals surface area contributed by atoms with Gasteiger partial charge < -0.3 is 10.1 Å². The Bertz CT molecular complexity index is 201. The second kappa shape index (κ2) is 3.66. The highest BCUT2D eigenvalue weighted by Crippen LogP contribution is 2.42. The molecule has 13 heavy (non-hydrogen) atoms. The van der Waals surface area contributed by atoms with Gasteiger partial charge in [-0.25, -0.2) is 0 Å². The lowest BCUT2D eigenvalue weighted by Gasteiger charge is -2.16. The fraction of sp³-hybridized carbons (Fsp3) is 0.900. The summed E-state index contributed by atoms with van der Waals surface area (Å²) >= 11 is 0. The highest BCUT2D eigenvalue weighted by atomic mass is 16.5. The Morgan fingerprint density at radius 1 is 1.46 bits per heavy atom. The van der Waals surface area contributed by atoms with Gasteiger partial charge in [0.15, 0.2) is 0 Å². The van der Waals surface area contributed by atoms with Gasteiger partial charge in [-0.05, 0) is 44.6 Å². The van der Waals surface area contributed by atoms with Gasteiger partial charge in [-0.2, -0.15) is 0 Å². The van der Waals surface area contributed by atoms with E-state index in [0.717, 1.165) is 18.9 Å². The highest BCUT2D eigenvalue weighted by Gasteiger charge is 2.42. The van der Waals surface area contributed by atoms with Gasteiger partial charge in [-0.1, -0.05) is 0 Å². The minimum Gasteiger partial charge on any atom is -0.465 e. The van der Waals surface area contributed by atoms with Crippen LogP contribution in [0.3, 0.4) is 0 Å². The molecule has 2 fully saturated rings. The van der Waals surface area contributed by atoms with Gasteiger partial charge in [0.1, 0.15) is 6.04 Å². The van der Waals surface area contributed by atoms with Gasteiger partial charge in [0.2, 0.25) is 0 Å². The lowest BCUT2D eigenvalue weighted by atomic mass is 9.95. The van der Waals surface area contributed by atoms with Crippen LogP contribution in [0.15, 0.2) is 0 Å². The van der Waals surface area contributed by atoms with Crippen LogP contribution in [0.2, 0.25) is 0 Å². The molecule has 2 aliphatic rings. The molecule has 1 saturated heterocycles. The molecule has 2 rings (SSSR count). The molecular weight excluding hydrogens is 166 g/mol. The molecule has 2 unspecified atom stereocenters. The monoisotopic (exact) mass is 183 g/mol. The maximum Gasteiger partial charge on any atom is 0.323 e. The molecule has 3 nitrogen and oxygen atoms in total. The van der Waals surface area contributed by atoms with Gasteiger partial charge >= 0.3 is 5.97 Å². The van der Waals surface area contributed by atoms with Crippen LogP contribution in [-0.2, 0) is 9.53 Å². The maximum atomic E-state index is 11.5. The average Bonchev–Trinajstić information content (AvgIpc) is 2.84. The largest absolute Gasteiger partial charge is 0.465 e. The molecular formula is C10H17NO2. The van der Waals surface area contributed by atoms with E-state index < -0.39 is 0 Å². The molecule has 0 aromatic carbocycles. The average molecular weight is 183 g/mol. The second-order valence-electron chi connectivity index (χ2n) is 3.97. The Hall–Kier alpha value is -0.570. The molecule has 2 atom stereocenters. The summed E-state index contributed by atoms with van der Waals surface area (Å²) in [5.41, 5.74) is 0. The topological polar surface area (TPSA) is 38.3 Å². The van der Waals surface area contributed by atoms with Gasteiger partial charge in [0.25, 0.3) is 0 Å². The first-order chi connectivity index (χ1) is 6.33. The number of nitrogens with one attached hydrogen (secondary N) is 1. The van der Waals surface area contributed by atoms with E-state index >= 15 is 0 Å². The Morgan fingerprint density at radius 2 is 2.23 bits per heavy atom. The third-order valence-electron chi connectivity index (χ3n) is 3.04. The normalized spacial score (nSPS) is 33.3. The van der Waals surface area contributed by atoms with Crippen LogP contribution in [0.1, 0.15) is 26.2 Å². The number of hydrogen-bond donors (Lipinski definition) is 1. The SMILES string of the molecule is CCOC(=O)C1NCCC1C1CC1. The first-order valence-corrected chi connectivity index (χ1v) is 5.23. The lowest BCUT2D eigenvalue weighted by molar-refractivity contribution is -0.146. The van der Waals surface area contributed by atoms with Crippen molar-refractivity contribution in [2.24, 2.45) is 11.8 Å². The van der Waals surface area contributed by atoms with Crippen LogP contribution >= 0.6 is 0 Å². The lowest BCUT2D eigenvalue weighted by Crippen LogP contribution is -2.37. The van der Waals surface area contributed by atoms with E-state index in [1.807, 2.05) is 6.92 Å². The summed E-state index contributed by atoms with van der Waals surface area (Å²) in [6.07, 6.45) is 3.76. The molecule has 0 bridgehead atoms. The molecule has 74 valence electrons. The van der Waals surface area contributed by atoms with Crippen molar-refractivity contribution in [3.8, 4) is 0 Å². The zero-order valence-corrected chi connectivity index (χ0v) is 8.08. The predicted octanol–water partition coefficient (Wildman–Crippen LogP) is 0.938. The van der Waals surface area contributed by atoms with Crippen molar-refractivity contribution in [3.05, 3.63) is 0 Å². The number of esters is 1. The van der Waals surface area contributed by atoms with E-state index in [0.29, 0.717) is 12.5 Å². The number of hydrogen-bond acceptors (Lipinski definition) is 3. The number of carbonyl (C=O) groups is 1. The standard InChI is InChI=1S/C10H17NO2/c1-2-13-10(12)9-8(5-6-11-9)7-3-4-7/h7-9,11H,2-6H2,1H3. The Kier molecular flexibility index (Phi) is 2.54. The van der Waals surface area contributed by atoms with E-state index in [1.165, 1.54) is 12.8 Å². The Labute approximate surface area is 78.8 Å². The Morgan fingerprint density at radius 3 is 2.85 bits per heavy atom. The second-order valence-corrected chi connectivity index (χ2v) is 3.97. The first kappa shape index (κ1) is 9.00. The summed E-state index contributed by atoms with van der Waals surface area (Å²) in [5.74, 6) is 1.31. The van der Waals surface area contributed by atoms with Crippen molar-refractivity contribution in [1.82, 2.24) is 5.32 Å². The zero-order chi connectivity index (χ0) is 9.26. The van der Waals surface area contributed by atoms with Crippen molar-refractivity contribution in [3.63, 3.8) is 0 Å². The molecule has 1 saturated carbocycles. The molecule has 3 heteroatoms. The summed E-state index contributed by atoms with van der Waals surface area (Å²) in [6.45, 7) is 3.33. The van der Waals surface area contributed by atoms with Crippen LogP contribution in [0.4, 0.5) is 0 Å². The van der Waals surface area contributed by atoms with Crippen LogP contribution in [0.25, 0.3) is 0 Å². The number of rotatable bonds is 3. The van der Waals surface area contributed by atoms with Crippen molar-refractivity contribution < 1.29 is 9.53 Å². The van der Waals surface area contributed by atoms with Gasteiger partial charge in [0, 0.05) is 0 Å². The van der Waals surface area contributed by atoms with Crippen LogP contribution in [0, 0.1) is 11.8 Å². The van der Waals surface area contributed by atoms with Gasteiger partial charge in [-0.3, -0.25) is 4.79 Å². The van der Waals surface area contributed by atoms with Crippen LogP contribution in [-0.4, -0.2) is 25.2 Å². The van der Waals surface area contributed by atoms with Gasteiger partial charge in [0.05, 0.1) is 6.61 Å². The summed E-state index contributed by atoms with van der Waals surface area (Å²) < 4.78 is 5.03. The minimum atomic E-state index is -0.0445. The van der Waals surface area contributed by atoms with E-state index in [1.54, 1.807) is 0 Å². The summed E-state index contributed by atoms with van der Waals surface area (Å²) in [5, 5.41) is 3.24. The van der Waals surface area contributed by atoms with Crippen LogP contribution in [0.5, 0.6) is 0 Å². The van der Waals surface area contributed by atoms with E-state index in [2.05, 4.69) is 5.32 Å². The smallest absolute Gasteiger partial charge is 0.323 e. The first-order valence-electron chi connectivity index (χ1n) is 5.23. The van der Waals surface area contributed by atoms with Crippen molar-refractivity contribution in [1.29, 1.82) is 0 Å². The highest BCUT2D eigenvalue weighted by molar-refractivity contribution is 5.76. The summed E-state index contributed by atoms with van der Waals surface area (Å²) in [4.78, 5) is 11.5.